The van der Waals surface area contributed by atoms with Gasteiger partial charge in [0.2, 0.25) is 15.9 Å². The Labute approximate surface area is 116 Å². The molecule has 0 aliphatic heterocycles. The molecule has 0 bridgehead atoms. The maximum atomic E-state index is 10.9. The van der Waals surface area contributed by atoms with Crippen molar-refractivity contribution in [2.45, 2.75) is 13.3 Å². The van der Waals surface area contributed by atoms with Crippen LogP contribution in [0.15, 0.2) is 12.5 Å². The number of hydrogen-bond acceptors (Lipinski definition) is 6. The Morgan fingerprint density at radius 3 is 2.90 bits per heavy atom. The third-order valence-corrected chi connectivity index (χ3v) is 3.43. The lowest BCUT2D eigenvalue weighted by molar-refractivity contribution is 0.310. The summed E-state index contributed by atoms with van der Waals surface area (Å²) in [6.45, 7) is 2.47. The first-order chi connectivity index (χ1) is 9.38. The molecule has 0 aliphatic carbocycles. The summed E-state index contributed by atoms with van der Waals surface area (Å²) >= 11 is 0. The number of aromatic nitrogens is 3. The SMILES string of the molecule is Cc1c(OCCCNS(C)(=O)=O)cn2ncnc(O)c12. The van der Waals surface area contributed by atoms with E-state index in [2.05, 4.69) is 14.8 Å². The number of fused-ring (bicyclic) bond motifs is 1. The minimum Gasteiger partial charge on any atom is -0.492 e. The summed E-state index contributed by atoms with van der Waals surface area (Å²) in [5.74, 6) is 0.478. The summed E-state index contributed by atoms with van der Waals surface area (Å²) in [4.78, 5) is 3.71. The molecule has 9 heteroatoms. The van der Waals surface area contributed by atoms with Gasteiger partial charge < -0.3 is 9.84 Å². The first kappa shape index (κ1) is 14.5. The first-order valence-corrected chi connectivity index (χ1v) is 7.87. The van der Waals surface area contributed by atoms with Crippen molar-refractivity contribution < 1.29 is 18.3 Å². The molecular formula is C11H16N4O4S. The van der Waals surface area contributed by atoms with Crippen molar-refractivity contribution in [3.05, 3.63) is 18.1 Å². The summed E-state index contributed by atoms with van der Waals surface area (Å²) in [6, 6.07) is 0. The summed E-state index contributed by atoms with van der Waals surface area (Å²) < 4.78 is 31.2. The highest BCUT2D eigenvalue weighted by atomic mass is 32.2. The first-order valence-electron chi connectivity index (χ1n) is 5.98. The van der Waals surface area contributed by atoms with Gasteiger partial charge in [0.15, 0.2) is 0 Å². The van der Waals surface area contributed by atoms with Crippen molar-refractivity contribution in [2.24, 2.45) is 0 Å². The second kappa shape index (κ2) is 5.63. The molecule has 2 rings (SSSR count). The van der Waals surface area contributed by atoms with Gasteiger partial charge in [-0.15, -0.1) is 0 Å². The van der Waals surface area contributed by atoms with Gasteiger partial charge in [-0.2, -0.15) is 10.1 Å². The molecular weight excluding hydrogens is 284 g/mol. The number of aryl methyl sites for hydroxylation is 1. The van der Waals surface area contributed by atoms with Crippen LogP contribution in [0.1, 0.15) is 12.0 Å². The maximum absolute atomic E-state index is 10.9. The average Bonchev–Trinajstić information content (AvgIpc) is 2.66. The van der Waals surface area contributed by atoms with E-state index in [1.54, 1.807) is 13.1 Å². The van der Waals surface area contributed by atoms with Crippen molar-refractivity contribution in [3.63, 3.8) is 0 Å². The van der Waals surface area contributed by atoms with Gasteiger partial charge in [0.05, 0.1) is 19.1 Å². The summed E-state index contributed by atoms with van der Waals surface area (Å²) in [5.41, 5.74) is 1.23. The molecule has 20 heavy (non-hydrogen) atoms. The highest BCUT2D eigenvalue weighted by Crippen LogP contribution is 2.28. The Morgan fingerprint density at radius 2 is 2.25 bits per heavy atom. The van der Waals surface area contributed by atoms with Crippen LogP contribution >= 0.6 is 0 Å². The lowest BCUT2D eigenvalue weighted by atomic mass is 10.3. The van der Waals surface area contributed by atoms with E-state index >= 15 is 0 Å². The molecule has 0 saturated carbocycles. The molecule has 0 fully saturated rings. The Morgan fingerprint density at radius 1 is 1.50 bits per heavy atom. The number of hydrogen-bond donors (Lipinski definition) is 2. The van der Waals surface area contributed by atoms with Crippen LogP contribution in [0.25, 0.3) is 5.52 Å². The number of ether oxygens (including phenoxy) is 1. The standard InChI is InChI=1S/C11H16N4O4S/c1-8-9(19-5-3-4-14-20(2,17)18)6-15-10(8)11(16)12-7-13-15/h6-7,14H,3-5H2,1-2H3,(H,12,13,16). The Hall–Kier alpha value is -1.87. The molecule has 0 amide bonds. The lowest BCUT2D eigenvalue weighted by Gasteiger charge is -2.05. The molecule has 0 aromatic carbocycles. The van der Waals surface area contributed by atoms with Crippen molar-refractivity contribution >= 4 is 15.5 Å². The highest BCUT2D eigenvalue weighted by Gasteiger charge is 2.12. The summed E-state index contributed by atoms with van der Waals surface area (Å²) in [5, 5.41) is 13.6. The van der Waals surface area contributed by atoms with Crippen LogP contribution in [0.2, 0.25) is 0 Å². The minimum absolute atomic E-state index is 0.105. The van der Waals surface area contributed by atoms with Gasteiger partial charge >= 0.3 is 0 Å². The molecule has 0 unspecified atom stereocenters. The maximum Gasteiger partial charge on any atom is 0.239 e. The zero-order valence-corrected chi connectivity index (χ0v) is 12.0. The smallest absolute Gasteiger partial charge is 0.239 e. The summed E-state index contributed by atoms with van der Waals surface area (Å²) in [6.07, 6.45) is 4.55. The van der Waals surface area contributed by atoms with Gasteiger partial charge in [0, 0.05) is 12.1 Å². The van der Waals surface area contributed by atoms with Crippen LogP contribution in [-0.4, -0.2) is 47.5 Å². The molecule has 0 spiro atoms. The molecule has 2 aromatic heterocycles. The topological polar surface area (TPSA) is 106 Å². The van der Waals surface area contributed by atoms with Crippen molar-refractivity contribution in [1.29, 1.82) is 0 Å². The van der Waals surface area contributed by atoms with Crippen molar-refractivity contribution in [1.82, 2.24) is 19.3 Å². The van der Waals surface area contributed by atoms with Crippen LogP contribution < -0.4 is 9.46 Å². The molecule has 8 nitrogen and oxygen atoms in total. The van der Waals surface area contributed by atoms with E-state index in [1.807, 2.05) is 0 Å². The van der Waals surface area contributed by atoms with E-state index in [0.29, 0.717) is 30.8 Å². The van der Waals surface area contributed by atoms with Gasteiger partial charge in [-0.3, -0.25) is 0 Å². The predicted molar refractivity (Wildman–Crippen MR) is 72.3 cm³/mol. The zero-order chi connectivity index (χ0) is 14.8. The lowest BCUT2D eigenvalue weighted by Crippen LogP contribution is -2.24. The average molecular weight is 300 g/mol. The number of nitrogens with one attached hydrogen (secondary N) is 1. The largest absolute Gasteiger partial charge is 0.492 e. The van der Waals surface area contributed by atoms with Crippen molar-refractivity contribution in [2.75, 3.05) is 19.4 Å². The Bertz CT molecular complexity index is 711. The van der Waals surface area contributed by atoms with E-state index in [9.17, 15) is 13.5 Å². The highest BCUT2D eigenvalue weighted by molar-refractivity contribution is 7.88. The molecule has 0 aliphatic rings. The normalized spacial score (nSPS) is 11.9. The van der Waals surface area contributed by atoms with Crippen LogP contribution in [0.4, 0.5) is 0 Å². The fourth-order valence-corrected chi connectivity index (χ4v) is 2.29. The molecule has 110 valence electrons. The zero-order valence-electron chi connectivity index (χ0n) is 11.2. The molecule has 2 aromatic rings. The van der Waals surface area contributed by atoms with Crippen LogP contribution in [0.5, 0.6) is 11.6 Å². The molecule has 0 radical (unpaired) electrons. The van der Waals surface area contributed by atoms with E-state index in [-0.39, 0.29) is 5.88 Å². The van der Waals surface area contributed by atoms with Gasteiger partial charge in [-0.1, -0.05) is 0 Å². The quantitative estimate of drug-likeness (QED) is 0.731. The summed E-state index contributed by atoms with van der Waals surface area (Å²) in [7, 11) is -3.16. The second-order valence-corrected chi connectivity index (χ2v) is 6.20. The number of aromatic hydroxyl groups is 1. The third-order valence-electron chi connectivity index (χ3n) is 2.70. The fraction of sp³-hybridized carbons (Fsp3) is 0.455. The number of rotatable bonds is 6. The van der Waals surface area contributed by atoms with Gasteiger partial charge in [-0.05, 0) is 13.3 Å². The Kier molecular flexibility index (Phi) is 4.09. The third kappa shape index (κ3) is 3.36. The monoisotopic (exact) mass is 300 g/mol. The van der Waals surface area contributed by atoms with Crippen LogP contribution in [0, 0.1) is 6.92 Å². The van der Waals surface area contributed by atoms with Gasteiger partial charge in [0.25, 0.3) is 0 Å². The number of sulfonamides is 1. The molecule has 0 atom stereocenters. The minimum atomic E-state index is -3.16. The fourth-order valence-electron chi connectivity index (χ4n) is 1.78. The molecule has 2 heterocycles. The van der Waals surface area contributed by atoms with E-state index in [1.165, 1.54) is 10.8 Å². The molecule has 0 saturated heterocycles. The van der Waals surface area contributed by atoms with Crippen LogP contribution in [0.3, 0.4) is 0 Å². The second-order valence-electron chi connectivity index (χ2n) is 4.36. The predicted octanol–water partition coefficient (Wildman–Crippen LogP) is 0.0614. The van der Waals surface area contributed by atoms with E-state index in [4.69, 9.17) is 4.74 Å². The van der Waals surface area contributed by atoms with Gasteiger partial charge in [0.1, 0.15) is 17.6 Å². The van der Waals surface area contributed by atoms with Crippen molar-refractivity contribution in [3.8, 4) is 11.6 Å². The molecule has 2 N–H and O–H groups in total. The van der Waals surface area contributed by atoms with E-state index < -0.39 is 10.0 Å². The van der Waals surface area contributed by atoms with Crippen LogP contribution in [-0.2, 0) is 10.0 Å². The van der Waals surface area contributed by atoms with Gasteiger partial charge in [-0.25, -0.2) is 17.7 Å². The van der Waals surface area contributed by atoms with E-state index in [0.717, 1.165) is 11.8 Å². The number of nitrogens with zero attached hydrogens (tertiary/aromatic N) is 3. The Balaban J connectivity index is 1.97.